The number of carboxylic acids is 1. The second-order valence-corrected chi connectivity index (χ2v) is 9.99. The maximum atomic E-state index is 12.6. The summed E-state index contributed by atoms with van der Waals surface area (Å²) in [6.45, 7) is 0.351. The van der Waals surface area contributed by atoms with E-state index < -0.39 is 22.0 Å². The number of hydrogen-bond donors (Lipinski definition) is 4. The predicted octanol–water partition coefficient (Wildman–Crippen LogP) is 3.68. The molecule has 4 aromatic carbocycles. The lowest BCUT2D eigenvalue weighted by Crippen LogP contribution is -2.42. The van der Waals surface area contributed by atoms with E-state index in [1.54, 1.807) is 36.4 Å². The number of carbonyl (C=O) groups is 1. The fourth-order valence-corrected chi connectivity index (χ4v) is 4.92. The zero-order chi connectivity index (χ0) is 25.7. The van der Waals surface area contributed by atoms with Gasteiger partial charge >= 0.3 is 5.97 Å². The van der Waals surface area contributed by atoms with Crippen LogP contribution in [0.1, 0.15) is 16.7 Å². The molecule has 9 heteroatoms. The van der Waals surface area contributed by atoms with Crippen molar-refractivity contribution in [3.05, 3.63) is 108 Å². The molecule has 8 nitrogen and oxygen atoms in total. The van der Waals surface area contributed by atoms with Gasteiger partial charge in [0.15, 0.2) is 0 Å². The first kappa shape index (κ1) is 24.9. The van der Waals surface area contributed by atoms with Gasteiger partial charge in [-0.05, 0) is 52.6 Å². The van der Waals surface area contributed by atoms with Gasteiger partial charge in [-0.3, -0.25) is 10.2 Å². The molecule has 0 fully saturated rings. The quantitative estimate of drug-likeness (QED) is 0.192. The van der Waals surface area contributed by atoms with Gasteiger partial charge in [-0.25, -0.2) is 8.42 Å². The number of amidine groups is 1. The van der Waals surface area contributed by atoms with Crippen LogP contribution in [0.4, 0.5) is 0 Å². The van der Waals surface area contributed by atoms with Crippen LogP contribution >= 0.6 is 0 Å². The minimum absolute atomic E-state index is 0.00809. The molecule has 0 radical (unpaired) electrons. The number of nitrogens with one attached hydrogen (secondary N) is 2. The average Bonchev–Trinajstić information content (AvgIpc) is 2.87. The van der Waals surface area contributed by atoms with Crippen molar-refractivity contribution >= 4 is 32.6 Å². The highest BCUT2D eigenvalue weighted by atomic mass is 32.2. The summed E-state index contributed by atoms with van der Waals surface area (Å²) in [5.41, 5.74) is 7.75. The van der Waals surface area contributed by atoms with Gasteiger partial charge in [0.1, 0.15) is 24.2 Å². The Labute approximate surface area is 208 Å². The van der Waals surface area contributed by atoms with Crippen LogP contribution in [0, 0.1) is 5.41 Å². The van der Waals surface area contributed by atoms with Crippen molar-refractivity contribution in [2.24, 2.45) is 5.73 Å². The summed E-state index contributed by atoms with van der Waals surface area (Å²) in [5, 5.41) is 18.9. The Bertz CT molecular complexity index is 1500. The summed E-state index contributed by atoms with van der Waals surface area (Å²) >= 11 is 0. The van der Waals surface area contributed by atoms with Crippen molar-refractivity contribution in [1.29, 1.82) is 5.41 Å². The largest absolute Gasteiger partial charge is 0.489 e. The molecule has 0 heterocycles. The topological polar surface area (TPSA) is 143 Å². The van der Waals surface area contributed by atoms with Crippen LogP contribution < -0.4 is 15.2 Å². The average molecular weight is 504 g/mol. The van der Waals surface area contributed by atoms with Crippen molar-refractivity contribution in [2.45, 2.75) is 24.0 Å². The molecular weight excluding hydrogens is 478 g/mol. The lowest BCUT2D eigenvalue weighted by Gasteiger charge is -2.15. The molecule has 0 aliphatic carbocycles. The number of ether oxygens (including phenoxy) is 1. The van der Waals surface area contributed by atoms with E-state index in [1.165, 1.54) is 12.1 Å². The molecule has 184 valence electrons. The van der Waals surface area contributed by atoms with Crippen LogP contribution in [0.3, 0.4) is 0 Å². The van der Waals surface area contributed by atoms with Crippen LogP contribution in [0.5, 0.6) is 5.75 Å². The Morgan fingerprint density at radius 1 is 0.917 bits per heavy atom. The SMILES string of the molecule is N=C(N)c1ccc(COc2ccc3cc(CC(NS(=O)(=O)c4ccccc4)C(=O)O)ccc3c2)cc1. The molecular formula is C27H25N3O5S. The monoisotopic (exact) mass is 503 g/mol. The minimum Gasteiger partial charge on any atom is -0.489 e. The highest BCUT2D eigenvalue weighted by Crippen LogP contribution is 2.24. The van der Waals surface area contributed by atoms with Crippen molar-refractivity contribution in [3.8, 4) is 5.75 Å². The van der Waals surface area contributed by atoms with E-state index in [-0.39, 0.29) is 17.2 Å². The summed E-state index contributed by atoms with van der Waals surface area (Å²) in [6.07, 6.45) is -0.00809. The Morgan fingerprint density at radius 3 is 2.22 bits per heavy atom. The number of aliphatic carboxylic acids is 1. The molecule has 0 aromatic heterocycles. The van der Waals surface area contributed by atoms with Crippen LogP contribution in [0.2, 0.25) is 0 Å². The Morgan fingerprint density at radius 2 is 1.56 bits per heavy atom. The molecule has 0 aliphatic rings. The fraction of sp³-hybridized carbons (Fsp3) is 0.111. The van der Waals surface area contributed by atoms with Crippen LogP contribution in [-0.4, -0.2) is 31.4 Å². The van der Waals surface area contributed by atoms with E-state index in [2.05, 4.69) is 4.72 Å². The molecule has 0 aliphatic heterocycles. The van der Waals surface area contributed by atoms with E-state index >= 15 is 0 Å². The smallest absolute Gasteiger partial charge is 0.322 e. The first-order valence-corrected chi connectivity index (χ1v) is 12.6. The summed E-state index contributed by atoms with van der Waals surface area (Å²) < 4.78 is 33.4. The molecule has 1 unspecified atom stereocenters. The molecule has 0 saturated carbocycles. The number of sulfonamides is 1. The third-order valence-electron chi connectivity index (χ3n) is 5.64. The van der Waals surface area contributed by atoms with Crippen molar-refractivity contribution in [1.82, 2.24) is 4.72 Å². The number of benzene rings is 4. The summed E-state index contributed by atoms with van der Waals surface area (Å²) in [7, 11) is -3.97. The van der Waals surface area contributed by atoms with Crippen molar-refractivity contribution < 1.29 is 23.1 Å². The number of rotatable bonds is 10. The van der Waals surface area contributed by atoms with Gasteiger partial charge in [0.05, 0.1) is 4.90 Å². The summed E-state index contributed by atoms with van der Waals surface area (Å²) in [4.78, 5) is 11.8. The zero-order valence-corrected chi connectivity index (χ0v) is 20.0. The van der Waals surface area contributed by atoms with E-state index in [1.807, 2.05) is 42.5 Å². The molecule has 0 amide bonds. The number of carboxylic acid groups (broad SMARTS) is 1. The Hall–Kier alpha value is -4.21. The Balaban J connectivity index is 1.45. The van der Waals surface area contributed by atoms with Gasteiger partial charge in [0.2, 0.25) is 10.0 Å². The van der Waals surface area contributed by atoms with Crippen LogP contribution in [-0.2, 0) is 27.8 Å². The van der Waals surface area contributed by atoms with Crippen LogP contribution in [0.15, 0.2) is 95.9 Å². The van der Waals surface area contributed by atoms with E-state index in [9.17, 15) is 18.3 Å². The molecule has 0 spiro atoms. The lowest BCUT2D eigenvalue weighted by molar-refractivity contribution is -0.138. The molecule has 4 rings (SSSR count). The number of nitrogen functional groups attached to an aromatic ring is 1. The Kier molecular flexibility index (Phi) is 7.33. The zero-order valence-electron chi connectivity index (χ0n) is 19.2. The van der Waals surface area contributed by atoms with E-state index in [4.69, 9.17) is 15.9 Å². The first-order valence-electron chi connectivity index (χ1n) is 11.1. The molecule has 5 N–H and O–H groups in total. The third-order valence-corrected chi connectivity index (χ3v) is 7.12. The van der Waals surface area contributed by atoms with Gasteiger partial charge in [0.25, 0.3) is 0 Å². The van der Waals surface area contributed by atoms with Gasteiger partial charge in [-0.1, -0.05) is 66.7 Å². The van der Waals surface area contributed by atoms with E-state index in [0.717, 1.165) is 16.3 Å². The van der Waals surface area contributed by atoms with Gasteiger partial charge in [0, 0.05) is 5.56 Å². The predicted molar refractivity (Wildman–Crippen MR) is 138 cm³/mol. The highest BCUT2D eigenvalue weighted by Gasteiger charge is 2.25. The summed E-state index contributed by atoms with van der Waals surface area (Å²) in [6, 6.07) is 24.7. The van der Waals surface area contributed by atoms with Crippen molar-refractivity contribution in [2.75, 3.05) is 0 Å². The van der Waals surface area contributed by atoms with Gasteiger partial charge in [-0.15, -0.1) is 0 Å². The van der Waals surface area contributed by atoms with E-state index in [0.29, 0.717) is 23.5 Å². The molecule has 0 saturated heterocycles. The molecule has 1 atom stereocenters. The maximum Gasteiger partial charge on any atom is 0.322 e. The first-order chi connectivity index (χ1) is 17.2. The molecule has 36 heavy (non-hydrogen) atoms. The van der Waals surface area contributed by atoms with Crippen molar-refractivity contribution in [3.63, 3.8) is 0 Å². The standard InChI is InChI=1S/C27H25N3O5S/c28-26(29)20-9-6-18(7-10-20)17-35-23-13-12-21-14-19(8-11-22(21)16-23)15-25(27(31)32)30-36(33,34)24-4-2-1-3-5-24/h1-14,16,25,30H,15,17H2,(H3,28,29)(H,31,32). The number of nitrogens with two attached hydrogens (primary N) is 1. The minimum atomic E-state index is -3.97. The maximum absolute atomic E-state index is 12.6. The number of fused-ring (bicyclic) bond motifs is 1. The molecule has 4 aromatic rings. The normalized spacial score (nSPS) is 12.2. The van der Waals surface area contributed by atoms with Gasteiger partial charge in [-0.2, -0.15) is 4.72 Å². The van der Waals surface area contributed by atoms with Gasteiger partial charge < -0.3 is 15.6 Å². The lowest BCUT2D eigenvalue weighted by atomic mass is 10.0. The fourth-order valence-electron chi connectivity index (χ4n) is 3.71. The molecule has 0 bridgehead atoms. The summed E-state index contributed by atoms with van der Waals surface area (Å²) in [5.74, 6) is -0.570. The second kappa shape index (κ2) is 10.6. The second-order valence-electron chi connectivity index (χ2n) is 8.27. The number of hydrogen-bond acceptors (Lipinski definition) is 5. The third kappa shape index (κ3) is 6.07. The van der Waals surface area contributed by atoms with Crippen LogP contribution in [0.25, 0.3) is 10.8 Å². The highest BCUT2D eigenvalue weighted by molar-refractivity contribution is 7.89.